The van der Waals surface area contributed by atoms with Crippen LogP contribution in [-0.4, -0.2) is 11.0 Å². The third kappa shape index (κ3) is 3.14. The van der Waals surface area contributed by atoms with Crippen molar-refractivity contribution in [3.63, 3.8) is 0 Å². The summed E-state index contributed by atoms with van der Waals surface area (Å²) in [5, 5.41) is 5.05. The Labute approximate surface area is 135 Å². The summed E-state index contributed by atoms with van der Waals surface area (Å²) >= 11 is 1.30. The summed E-state index contributed by atoms with van der Waals surface area (Å²) < 4.78 is 28.0. The van der Waals surface area contributed by atoms with Crippen LogP contribution in [-0.2, 0) is 6.42 Å². The first-order valence-electron chi connectivity index (χ1n) is 6.99. The number of benzene rings is 2. The Bertz CT molecular complexity index is 859. The molecule has 0 radical (unpaired) electrons. The van der Waals surface area contributed by atoms with Crippen molar-refractivity contribution < 1.29 is 13.6 Å². The molecule has 0 saturated heterocycles. The summed E-state index contributed by atoms with van der Waals surface area (Å²) in [5.74, 6) is -1.67. The SMILES string of the molecule is CCc1cccc2sc(NC(=O)Nc3c(F)cccc3F)nc12. The maximum absolute atomic E-state index is 13.5. The summed E-state index contributed by atoms with van der Waals surface area (Å²) in [6.45, 7) is 2.02. The lowest BCUT2D eigenvalue weighted by Crippen LogP contribution is -2.20. The Morgan fingerprint density at radius 3 is 2.52 bits per heavy atom. The Morgan fingerprint density at radius 2 is 1.83 bits per heavy atom. The number of fused-ring (bicyclic) bond motifs is 1. The van der Waals surface area contributed by atoms with Crippen LogP contribution < -0.4 is 10.6 Å². The van der Waals surface area contributed by atoms with Crippen LogP contribution >= 0.6 is 11.3 Å². The largest absolute Gasteiger partial charge is 0.325 e. The zero-order valence-corrected chi connectivity index (χ0v) is 13.0. The normalized spacial score (nSPS) is 10.7. The smallest absolute Gasteiger partial charge is 0.302 e. The number of anilines is 2. The van der Waals surface area contributed by atoms with Gasteiger partial charge < -0.3 is 5.32 Å². The Hall–Kier alpha value is -2.54. The predicted octanol–water partition coefficient (Wildman–Crippen LogP) is 4.78. The number of carbonyl (C=O) groups is 1. The van der Waals surface area contributed by atoms with Crippen molar-refractivity contribution in [1.29, 1.82) is 0 Å². The third-order valence-electron chi connectivity index (χ3n) is 3.31. The summed E-state index contributed by atoms with van der Waals surface area (Å²) in [5.41, 5.74) is 1.42. The highest BCUT2D eigenvalue weighted by molar-refractivity contribution is 7.22. The molecule has 0 unspecified atom stereocenters. The molecule has 0 aliphatic rings. The highest BCUT2D eigenvalue weighted by atomic mass is 32.1. The number of rotatable bonds is 3. The first kappa shape index (κ1) is 15.4. The highest BCUT2D eigenvalue weighted by Crippen LogP contribution is 2.28. The molecule has 1 heterocycles. The van der Waals surface area contributed by atoms with Crippen molar-refractivity contribution in [3.8, 4) is 0 Å². The number of aryl methyl sites for hydroxylation is 1. The van der Waals surface area contributed by atoms with Crippen LogP contribution in [0, 0.1) is 11.6 Å². The lowest BCUT2D eigenvalue weighted by atomic mass is 10.1. The average Bonchev–Trinajstić information content (AvgIpc) is 2.93. The second-order valence-corrected chi connectivity index (χ2v) is 5.84. The van der Waals surface area contributed by atoms with Gasteiger partial charge in [0.2, 0.25) is 0 Å². The zero-order chi connectivity index (χ0) is 16.4. The van der Waals surface area contributed by atoms with E-state index in [0.717, 1.165) is 34.3 Å². The molecule has 3 rings (SSSR count). The van der Waals surface area contributed by atoms with Gasteiger partial charge in [-0.05, 0) is 30.2 Å². The van der Waals surface area contributed by atoms with E-state index in [-0.39, 0.29) is 0 Å². The van der Waals surface area contributed by atoms with Crippen LogP contribution in [0.3, 0.4) is 0 Å². The van der Waals surface area contributed by atoms with E-state index < -0.39 is 23.4 Å². The van der Waals surface area contributed by atoms with Crippen LogP contribution in [0.1, 0.15) is 12.5 Å². The third-order valence-corrected chi connectivity index (χ3v) is 4.24. The number of thiazole rings is 1. The van der Waals surface area contributed by atoms with Gasteiger partial charge in [-0.1, -0.05) is 36.5 Å². The molecule has 0 bridgehead atoms. The predicted molar refractivity (Wildman–Crippen MR) is 88.0 cm³/mol. The minimum atomic E-state index is -0.835. The van der Waals surface area contributed by atoms with Crippen LogP contribution in [0.25, 0.3) is 10.2 Å². The molecular formula is C16H13F2N3OS. The van der Waals surface area contributed by atoms with E-state index >= 15 is 0 Å². The van der Waals surface area contributed by atoms with E-state index in [1.807, 2.05) is 25.1 Å². The number of carbonyl (C=O) groups excluding carboxylic acids is 1. The number of hydrogen-bond donors (Lipinski definition) is 2. The van der Waals surface area contributed by atoms with Crippen molar-refractivity contribution in [2.75, 3.05) is 10.6 Å². The molecule has 0 aliphatic heterocycles. The number of hydrogen-bond acceptors (Lipinski definition) is 3. The second-order valence-electron chi connectivity index (χ2n) is 4.81. The summed E-state index contributed by atoms with van der Waals surface area (Å²) in [4.78, 5) is 16.3. The number of para-hydroxylation sites is 2. The standard InChI is InChI=1S/C16H13F2N3OS/c1-2-9-5-3-8-12-13(9)20-16(23-12)21-15(22)19-14-10(17)6-4-7-11(14)18/h3-8H,2H2,1H3,(H2,19,20,21,22). The van der Waals surface area contributed by atoms with Gasteiger partial charge >= 0.3 is 6.03 Å². The van der Waals surface area contributed by atoms with Crippen LogP contribution in [0.4, 0.5) is 24.4 Å². The molecule has 0 atom stereocenters. The summed E-state index contributed by atoms with van der Waals surface area (Å²) in [7, 11) is 0. The molecule has 2 amide bonds. The summed E-state index contributed by atoms with van der Waals surface area (Å²) in [6.07, 6.45) is 0.827. The van der Waals surface area contributed by atoms with Crippen LogP contribution in [0.2, 0.25) is 0 Å². The number of amides is 2. The fourth-order valence-electron chi connectivity index (χ4n) is 2.20. The first-order valence-corrected chi connectivity index (χ1v) is 7.80. The molecule has 2 N–H and O–H groups in total. The lowest BCUT2D eigenvalue weighted by molar-refractivity contribution is 0.262. The average molecular weight is 333 g/mol. The van der Waals surface area contributed by atoms with E-state index in [1.165, 1.54) is 17.4 Å². The lowest BCUT2D eigenvalue weighted by Gasteiger charge is -2.07. The highest BCUT2D eigenvalue weighted by Gasteiger charge is 2.14. The molecule has 23 heavy (non-hydrogen) atoms. The molecule has 4 nitrogen and oxygen atoms in total. The van der Waals surface area contributed by atoms with Gasteiger partial charge in [0.05, 0.1) is 10.2 Å². The Morgan fingerprint density at radius 1 is 1.13 bits per heavy atom. The van der Waals surface area contributed by atoms with Crippen LogP contribution in [0.15, 0.2) is 36.4 Å². The van der Waals surface area contributed by atoms with E-state index in [1.54, 1.807) is 0 Å². The van der Waals surface area contributed by atoms with Gasteiger partial charge in [0.25, 0.3) is 0 Å². The van der Waals surface area contributed by atoms with Gasteiger partial charge in [-0.2, -0.15) is 0 Å². The van der Waals surface area contributed by atoms with Gasteiger partial charge in [0, 0.05) is 0 Å². The van der Waals surface area contributed by atoms with Crippen molar-refractivity contribution in [1.82, 2.24) is 4.98 Å². The van der Waals surface area contributed by atoms with Crippen molar-refractivity contribution in [3.05, 3.63) is 53.6 Å². The van der Waals surface area contributed by atoms with E-state index in [0.29, 0.717) is 5.13 Å². The monoisotopic (exact) mass is 333 g/mol. The number of aromatic nitrogens is 1. The first-order chi connectivity index (χ1) is 11.1. The fraction of sp³-hybridized carbons (Fsp3) is 0.125. The van der Waals surface area contributed by atoms with Gasteiger partial charge in [-0.3, -0.25) is 5.32 Å². The van der Waals surface area contributed by atoms with Crippen molar-refractivity contribution in [2.45, 2.75) is 13.3 Å². The van der Waals surface area contributed by atoms with Gasteiger partial charge in [0.15, 0.2) is 5.13 Å². The van der Waals surface area contributed by atoms with Gasteiger partial charge in [-0.15, -0.1) is 0 Å². The molecule has 0 saturated carbocycles. The second kappa shape index (κ2) is 6.29. The van der Waals surface area contributed by atoms with E-state index in [9.17, 15) is 13.6 Å². The molecule has 3 aromatic rings. The molecule has 0 spiro atoms. The van der Waals surface area contributed by atoms with E-state index in [2.05, 4.69) is 15.6 Å². The van der Waals surface area contributed by atoms with Crippen molar-refractivity contribution >= 4 is 38.4 Å². The van der Waals surface area contributed by atoms with E-state index in [4.69, 9.17) is 0 Å². The van der Waals surface area contributed by atoms with Crippen molar-refractivity contribution in [2.24, 2.45) is 0 Å². The quantitative estimate of drug-likeness (QED) is 0.724. The Balaban J connectivity index is 1.81. The number of nitrogens with one attached hydrogen (secondary N) is 2. The summed E-state index contributed by atoms with van der Waals surface area (Å²) in [6, 6.07) is 8.44. The molecule has 2 aromatic carbocycles. The maximum Gasteiger partial charge on any atom is 0.325 e. The topological polar surface area (TPSA) is 54.0 Å². The Kier molecular flexibility index (Phi) is 4.20. The number of nitrogens with zero attached hydrogens (tertiary/aromatic N) is 1. The molecule has 0 aliphatic carbocycles. The molecule has 118 valence electrons. The zero-order valence-electron chi connectivity index (χ0n) is 12.2. The minimum Gasteiger partial charge on any atom is -0.302 e. The number of halogens is 2. The van der Waals surface area contributed by atoms with Gasteiger partial charge in [-0.25, -0.2) is 18.6 Å². The number of urea groups is 1. The fourth-order valence-corrected chi connectivity index (χ4v) is 3.11. The maximum atomic E-state index is 13.5. The molecule has 1 aromatic heterocycles. The molecule has 7 heteroatoms. The van der Waals surface area contributed by atoms with Gasteiger partial charge in [0.1, 0.15) is 17.3 Å². The van der Waals surface area contributed by atoms with Crippen LogP contribution in [0.5, 0.6) is 0 Å². The molecular weight excluding hydrogens is 320 g/mol. The minimum absolute atomic E-state index is 0.371. The molecule has 0 fully saturated rings.